The molecule has 0 saturated carbocycles. The molecule has 1 saturated heterocycles. The van der Waals surface area contributed by atoms with Crippen LogP contribution in [0.25, 0.3) is 0 Å². The molecule has 0 spiro atoms. The molecule has 10 heteroatoms. The lowest BCUT2D eigenvalue weighted by Crippen LogP contribution is -2.41. The number of amides is 1. The highest BCUT2D eigenvalue weighted by atomic mass is 32.2. The number of hydrogen-bond donors (Lipinski definition) is 1. The van der Waals surface area contributed by atoms with E-state index in [0.29, 0.717) is 23.4 Å². The summed E-state index contributed by atoms with van der Waals surface area (Å²) in [5.74, 6) is -0.896. The molecule has 0 atom stereocenters. The molecule has 2 aromatic rings. The van der Waals surface area contributed by atoms with E-state index in [2.05, 4.69) is 5.32 Å². The highest BCUT2D eigenvalue weighted by molar-refractivity contribution is 7.98. The zero-order valence-corrected chi connectivity index (χ0v) is 20.5. The van der Waals surface area contributed by atoms with E-state index in [4.69, 9.17) is 4.74 Å². The quantitative estimate of drug-likeness (QED) is 0.485. The largest absolute Gasteiger partial charge is 0.465 e. The highest BCUT2D eigenvalue weighted by Gasteiger charge is 2.34. The minimum atomic E-state index is -3.58. The maximum absolute atomic E-state index is 13.0. The number of nitrogens with zero attached hydrogens (tertiary/aromatic N) is 1. The van der Waals surface area contributed by atoms with E-state index >= 15 is 0 Å². The van der Waals surface area contributed by atoms with Crippen molar-refractivity contribution in [2.75, 3.05) is 31.8 Å². The van der Waals surface area contributed by atoms with E-state index < -0.39 is 16.0 Å². The van der Waals surface area contributed by atoms with Crippen molar-refractivity contribution in [2.24, 2.45) is 5.92 Å². The second-order valence-electron chi connectivity index (χ2n) is 7.90. The van der Waals surface area contributed by atoms with Gasteiger partial charge in [0.1, 0.15) is 5.00 Å². The van der Waals surface area contributed by atoms with Crippen molar-refractivity contribution < 1.29 is 22.7 Å². The highest BCUT2D eigenvalue weighted by Crippen LogP contribution is 2.40. The van der Waals surface area contributed by atoms with E-state index in [1.807, 2.05) is 6.26 Å². The molecule has 1 N–H and O–H groups in total. The summed E-state index contributed by atoms with van der Waals surface area (Å²) in [5, 5.41) is 3.48. The Kier molecular flexibility index (Phi) is 6.94. The van der Waals surface area contributed by atoms with Gasteiger partial charge in [-0.05, 0) is 68.2 Å². The van der Waals surface area contributed by atoms with Gasteiger partial charge in [0.15, 0.2) is 0 Å². The average molecular weight is 495 g/mol. The van der Waals surface area contributed by atoms with Crippen molar-refractivity contribution in [3.05, 3.63) is 40.3 Å². The zero-order chi connectivity index (χ0) is 22.9. The summed E-state index contributed by atoms with van der Waals surface area (Å²) in [6.45, 7) is 0.574. The van der Waals surface area contributed by atoms with Gasteiger partial charge >= 0.3 is 5.97 Å². The molecule has 1 amide bonds. The lowest BCUT2D eigenvalue weighted by Gasteiger charge is -2.30. The zero-order valence-electron chi connectivity index (χ0n) is 18.0. The van der Waals surface area contributed by atoms with Crippen LogP contribution in [0.5, 0.6) is 0 Å². The summed E-state index contributed by atoms with van der Waals surface area (Å²) in [7, 11) is -2.24. The third-order valence-corrected chi connectivity index (χ3v) is 9.93. The van der Waals surface area contributed by atoms with Gasteiger partial charge < -0.3 is 10.1 Å². The Morgan fingerprint density at radius 3 is 2.47 bits per heavy atom. The number of sulfonamides is 1. The molecule has 32 heavy (non-hydrogen) atoms. The van der Waals surface area contributed by atoms with Crippen LogP contribution in [0.3, 0.4) is 0 Å². The second-order valence-corrected chi connectivity index (χ2v) is 11.8. The van der Waals surface area contributed by atoms with Crippen molar-refractivity contribution in [3.63, 3.8) is 0 Å². The van der Waals surface area contributed by atoms with Gasteiger partial charge in [-0.25, -0.2) is 13.2 Å². The number of carbonyl (C=O) groups is 2. The number of hydrogen-bond acceptors (Lipinski definition) is 7. The van der Waals surface area contributed by atoms with E-state index in [1.54, 1.807) is 36.0 Å². The number of thiophene rings is 1. The normalized spacial score (nSPS) is 17.2. The predicted octanol–water partition coefficient (Wildman–Crippen LogP) is 3.78. The predicted molar refractivity (Wildman–Crippen MR) is 126 cm³/mol. The number of thioether (sulfide) groups is 1. The van der Waals surface area contributed by atoms with Crippen LogP contribution in [-0.2, 0) is 32.4 Å². The van der Waals surface area contributed by atoms with Gasteiger partial charge in [0.2, 0.25) is 15.9 Å². The summed E-state index contributed by atoms with van der Waals surface area (Å²) in [6, 6.07) is 6.86. The molecule has 0 bridgehead atoms. The fraction of sp³-hybridized carbons (Fsp3) is 0.455. The van der Waals surface area contributed by atoms with Gasteiger partial charge in [-0.3, -0.25) is 4.79 Å². The lowest BCUT2D eigenvalue weighted by molar-refractivity contribution is -0.120. The molecule has 0 unspecified atom stereocenters. The van der Waals surface area contributed by atoms with Gasteiger partial charge in [0.25, 0.3) is 0 Å². The van der Waals surface area contributed by atoms with Gasteiger partial charge in [0.05, 0.1) is 17.6 Å². The molecule has 4 rings (SSSR count). The maximum Gasteiger partial charge on any atom is 0.341 e. The third-order valence-electron chi connectivity index (χ3n) is 6.07. The Morgan fingerprint density at radius 2 is 1.84 bits per heavy atom. The fourth-order valence-electron chi connectivity index (χ4n) is 4.28. The Hall–Kier alpha value is -1.88. The van der Waals surface area contributed by atoms with Crippen molar-refractivity contribution in [1.29, 1.82) is 0 Å². The van der Waals surface area contributed by atoms with E-state index in [9.17, 15) is 18.0 Å². The van der Waals surface area contributed by atoms with Crippen LogP contribution in [0, 0.1) is 5.92 Å². The number of piperidine rings is 1. The van der Waals surface area contributed by atoms with Crippen molar-refractivity contribution in [3.8, 4) is 0 Å². The van der Waals surface area contributed by atoms with Crippen molar-refractivity contribution in [2.45, 2.75) is 41.9 Å². The maximum atomic E-state index is 13.0. The first-order valence-electron chi connectivity index (χ1n) is 10.5. The van der Waals surface area contributed by atoms with Crippen molar-refractivity contribution in [1.82, 2.24) is 4.31 Å². The molecule has 2 aliphatic rings. The molecule has 1 aromatic carbocycles. The van der Waals surface area contributed by atoms with Crippen LogP contribution >= 0.6 is 23.1 Å². The number of ether oxygens (including phenoxy) is 1. The Morgan fingerprint density at radius 1 is 1.16 bits per heavy atom. The number of rotatable bonds is 6. The molecule has 1 aliphatic carbocycles. The summed E-state index contributed by atoms with van der Waals surface area (Å²) in [6.07, 6.45) is 5.55. The van der Waals surface area contributed by atoms with Gasteiger partial charge in [-0.1, -0.05) is 0 Å². The van der Waals surface area contributed by atoms with Crippen LogP contribution in [0.4, 0.5) is 5.00 Å². The van der Waals surface area contributed by atoms with Gasteiger partial charge in [-0.2, -0.15) is 4.31 Å². The van der Waals surface area contributed by atoms with Crippen LogP contribution in [0.15, 0.2) is 34.1 Å². The first-order valence-corrected chi connectivity index (χ1v) is 14.0. The van der Waals surface area contributed by atoms with E-state index in [-0.39, 0.29) is 29.8 Å². The molecule has 2 heterocycles. The molecule has 1 aromatic heterocycles. The van der Waals surface area contributed by atoms with Crippen LogP contribution < -0.4 is 5.32 Å². The SMILES string of the molecule is COC(=O)c1c(NC(=O)C2CCN(S(=O)(=O)c3ccc(SC)cc3)CC2)sc2c1CCC2. The minimum absolute atomic E-state index is 0.170. The van der Waals surface area contributed by atoms with Gasteiger partial charge in [-0.15, -0.1) is 23.1 Å². The third kappa shape index (κ3) is 4.46. The minimum Gasteiger partial charge on any atom is -0.465 e. The van der Waals surface area contributed by atoms with Crippen LogP contribution in [0.1, 0.15) is 40.1 Å². The number of esters is 1. The first kappa shape index (κ1) is 23.3. The number of carbonyl (C=O) groups excluding carboxylic acids is 2. The topological polar surface area (TPSA) is 92.8 Å². The van der Waals surface area contributed by atoms with Crippen LogP contribution in [0.2, 0.25) is 0 Å². The van der Waals surface area contributed by atoms with Gasteiger partial charge in [0, 0.05) is 28.8 Å². The monoisotopic (exact) mass is 494 g/mol. The molecule has 0 radical (unpaired) electrons. The second kappa shape index (κ2) is 9.54. The first-order chi connectivity index (χ1) is 15.3. The molecule has 172 valence electrons. The Labute approximate surface area is 196 Å². The van der Waals surface area contributed by atoms with E-state index in [0.717, 1.165) is 34.6 Å². The number of aryl methyl sites for hydroxylation is 1. The molecular formula is C22H26N2O5S3. The molecule has 7 nitrogen and oxygen atoms in total. The Balaban J connectivity index is 1.41. The number of methoxy groups -OCH3 is 1. The number of anilines is 1. The number of fused-ring (bicyclic) bond motifs is 1. The van der Waals surface area contributed by atoms with Crippen molar-refractivity contribution >= 4 is 50.0 Å². The number of benzene rings is 1. The summed E-state index contributed by atoms with van der Waals surface area (Å²) >= 11 is 3.01. The Bertz CT molecular complexity index is 1120. The summed E-state index contributed by atoms with van der Waals surface area (Å²) in [5.41, 5.74) is 1.47. The number of nitrogens with one attached hydrogen (secondary N) is 1. The van der Waals surface area contributed by atoms with E-state index in [1.165, 1.54) is 22.8 Å². The smallest absolute Gasteiger partial charge is 0.341 e. The standard InChI is InChI=1S/C22H26N2O5S3/c1-29-22(26)19-17-4-3-5-18(17)31-21(19)23-20(25)14-10-12-24(13-11-14)32(27,28)16-8-6-15(30-2)7-9-16/h6-9,14H,3-5,10-13H2,1-2H3,(H,23,25). The van der Waals surface area contributed by atoms with Crippen LogP contribution in [-0.4, -0.2) is 51.1 Å². The lowest BCUT2D eigenvalue weighted by atomic mass is 9.97. The summed E-state index contributed by atoms with van der Waals surface area (Å²) < 4.78 is 32.3. The molecule has 1 fully saturated rings. The summed E-state index contributed by atoms with van der Waals surface area (Å²) in [4.78, 5) is 27.6. The molecule has 1 aliphatic heterocycles. The molecular weight excluding hydrogens is 468 g/mol. The average Bonchev–Trinajstić information content (AvgIpc) is 3.39. The fourth-order valence-corrected chi connectivity index (χ4v) is 7.44.